The summed E-state index contributed by atoms with van der Waals surface area (Å²) in [6.07, 6.45) is 6.10. The normalized spacial score (nSPS) is 38.5. The third kappa shape index (κ3) is 1.27. The molecule has 2 aliphatic rings. The SMILES string of the molecule is OCC1(CO)CC2CCC(C2)C1. The maximum absolute atomic E-state index is 9.24. The minimum absolute atomic E-state index is 0.121. The Morgan fingerprint density at radius 2 is 1.50 bits per heavy atom. The van der Waals surface area contributed by atoms with E-state index in [0.717, 1.165) is 24.7 Å². The third-order valence-electron chi connectivity index (χ3n) is 3.76. The second-order valence-corrected chi connectivity index (χ2v) is 4.77. The van der Waals surface area contributed by atoms with Crippen molar-refractivity contribution in [3.8, 4) is 0 Å². The minimum Gasteiger partial charge on any atom is -0.396 e. The van der Waals surface area contributed by atoms with E-state index >= 15 is 0 Å². The van der Waals surface area contributed by atoms with Crippen molar-refractivity contribution < 1.29 is 10.2 Å². The quantitative estimate of drug-likeness (QED) is 0.653. The van der Waals surface area contributed by atoms with Crippen LogP contribution in [0.15, 0.2) is 0 Å². The van der Waals surface area contributed by atoms with Crippen LogP contribution in [0.1, 0.15) is 32.1 Å². The third-order valence-corrected chi connectivity index (χ3v) is 3.76. The molecule has 0 aliphatic heterocycles. The molecule has 70 valence electrons. The molecule has 2 N–H and O–H groups in total. The highest BCUT2D eigenvalue weighted by Crippen LogP contribution is 2.50. The van der Waals surface area contributed by atoms with Gasteiger partial charge in [0.15, 0.2) is 0 Å². The van der Waals surface area contributed by atoms with Gasteiger partial charge in [0.1, 0.15) is 0 Å². The maximum Gasteiger partial charge on any atom is 0.0509 e. The molecular formula is C10H18O2. The van der Waals surface area contributed by atoms with Crippen LogP contribution >= 0.6 is 0 Å². The fourth-order valence-electron chi connectivity index (χ4n) is 3.17. The van der Waals surface area contributed by atoms with Crippen LogP contribution in [0.4, 0.5) is 0 Å². The first-order chi connectivity index (χ1) is 5.78. The molecule has 0 spiro atoms. The number of rotatable bonds is 2. The van der Waals surface area contributed by atoms with E-state index in [2.05, 4.69) is 0 Å². The lowest BCUT2D eigenvalue weighted by molar-refractivity contribution is 0.000629. The van der Waals surface area contributed by atoms with Gasteiger partial charge in [-0.05, 0) is 31.1 Å². The van der Waals surface area contributed by atoms with E-state index in [9.17, 15) is 10.2 Å². The molecular weight excluding hydrogens is 152 g/mol. The fourth-order valence-corrected chi connectivity index (χ4v) is 3.17. The van der Waals surface area contributed by atoms with Gasteiger partial charge in [0.05, 0.1) is 13.2 Å². The lowest BCUT2D eigenvalue weighted by Gasteiger charge is -2.37. The Hall–Kier alpha value is -0.0800. The van der Waals surface area contributed by atoms with Gasteiger partial charge in [0, 0.05) is 5.41 Å². The zero-order valence-electron chi connectivity index (χ0n) is 7.50. The summed E-state index contributed by atoms with van der Waals surface area (Å²) in [4.78, 5) is 0. The van der Waals surface area contributed by atoms with Crippen LogP contribution in [-0.2, 0) is 0 Å². The molecule has 12 heavy (non-hydrogen) atoms. The van der Waals surface area contributed by atoms with Crippen molar-refractivity contribution in [1.82, 2.24) is 0 Å². The lowest BCUT2D eigenvalue weighted by Crippen LogP contribution is -2.36. The average Bonchev–Trinajstić information content (AvgIpc) is 2.46. The Labute approximate surface area is 73.6 Å². The van der Waals surface area contributed by atoms with Crippen molar-refractivity contribution >= 4 is 0 Å². The van der Waals surface area contributed by atoms with E-state index < -0.39 is 0 Å². The minimum atomic E-state index is -0.121. The summed E-state index contributed by atoms with van der Waals surface area (Å²) in [5.41, 5.74) is -0.121. The van der Waals surface area contributed by atoms with Crippen LogP contribution in [0, 0.1) is 17.3 Å². The van der Waals surface area contributed by atoms with E-state index in [0.29, 0.717) is 0 Å². The molecule has 0 aromatic heterocycles. The molecule has 2 aliphatic carbocycles. The van der Waals surface area contributed by atoms with Crippen LogP contribution in [0.5, 0.6) is 0 Å². The van der Waals surface area contributed by atoms with E-state index in [1.807, 2.05) is 0 Å². The molecule has 2 nitrogen and oxygen atoms in total. The number of hydrogen-bond donors (Lipinski definition) is 2. The molecule has 2 saturated carbocycles. The number of hydrogen-bond acceptors (Lipinski definition) is 2. The van der Waals surface area contributed by atoms with Crippen molar-refractivity contribution in [1.29, 1.82) is 0 Å². The molecule has 0 amide bonds. The van der Waals surface area contributed by atoms with Crippen molar-refractivity contribution in [2.75, 3.05) is 13.2 Å². The van der Waals surface area contributed by atoms with E-state index in [4.69, 9.17) is 0 Å². The summed E-state index contributed by atoms with van der Waals surface area (Å²) in [7, 11) is 0. The number of aliphatic hydroxyl groups excluding tert-OH is 2. The molecule has 2 rings (SSSR count). The first-order valence-corrected chi connectivity index (χ1v) is 5.00. The highest BCUT2D eigenvalue weighted by molar-refractivity contribution is 4.93. The first-order valence-electron chi connectivity index (χ1n) is 5.00. The van der Waals surface area contributed by atoms with E-state index in [-0.39, 0.29) is 18.6 Å². The standard InChI is InChI=1S/C10H18O2/c11-6-10(7-12)4-8-1-2-9(3-8)5-10/h8-9,11-12H,1-7H2. The molecule has 0 radical (unpaired) electrons. The summed E-state index contributed by atoms with van der Waals surface area (Å²) in [5, 5.41) is 18.5. The smallest absolute Gasteiger partial charge is 0.0509 e. The summed E-state index contributed by atoms with van der Waals surface area (Å²) >= 11 is 0. The second-order valence-electron chi connectivity index (χ2n) is 4.77. The van der Waals surface area contributed by atoms with Gasteiger partial charge in [-0.2, -0.15) is 0 Å². The van der Waals surface area contributed by atoms with Crippen molar-refractivity contribution in [2.45, 2.75) is 32.1 Å². The summed E-state index contributed by atoms with van der Waals surface area (Å²) in [5.74, 6) is 1.59. The number of aliphatic hydroxyl groups is 2. The Morgan fingerprint density at radius 1 is 1.00 bits per heavy atom. The zero-order chi connectivity index (χ0) is 8.60. The Morgan fingerprint density at radius 3 is 1.92 bits per heavy atom. The molecule has 2 bridgehead atoms. The van der Waals surface area contributed by atoms with Gasteiger partial charge in [-0.1, -0.05) is 12.8 Å². The van der Waals surface area contributed by atoms with Gasteiger partial charge < -0.3 is 10.2 Å². The van der Waals surface area contributed by atoms with Crippen molar-refractivity contribution in [3.63, 3.8) is 0 Å². The van der Waals surface area contributed by atoms with Crippen LogP contribution in [0.2, 0.25) is 0 Å². The van der Waals surface area contributed by atoms with Gasteiger partial charge in [0.2, 0.25) is 0 Å². The summed E-state index contributed by atoms with van der Waals surface area (Å²) in [6.45, 7) is 0.354. The lowest BCUT2D eigenvalue weighted by atomic mass is 9.70. The molecule has 2 fully saturated rings. The maximum atomic E-state index is 9.24. The van der Waals surface area contributed by atoms with Gasteiger partial charge in [-0.25, -0.2) is 0 Å². The molecule has 2 atom stereocenters. The van der Waals surface area contributed by atoms with Crippen LogP contribution in [-0.4, -0.2) is 23.4 Å². The zero-order valence-corrected chi connectivity index (χ0v) is 7.50. The largest absolute Gasteiger partial charge is 0.396 e. The molecule has 0 aromatic rings. The molecule has 0 heterocycles. The highest BCUT2D eigenvalue weighted by atomic mass is 16.3. The van der Waals surface area contributed by atoms with Gasteiger partial charge in [0.25, 0.3) is 0 Å². The molecule has 2 unspecified atom stereocenters. The molecule has 2 heteroatoms. The van der Waals surface area contributed by atoms with Crippen LogP contribution in [0.3, 0.4) is 0 Å². The van der Waals surface area contributed by atoms with Crippen LogP contribution in [0.25, 0.3) is 0 Å². The Bertz CT molecular complexity index is 149. The molecule has 0 aromatic carbocycles. The highest BCUT2D eigenvalue weighted by Gasteiger charge is 2.42. The Balaban J connectivity index is 2.08. The first kappa shape index (κ1) is 8.52. The fraction of sp³-hybridized carbons (Fsp3) is 1.00. The van der Waals surface area contributed by atoms with E-state index in [1.54, 1.807) is 0 Å². The summed E-state index contributed by atoms with van der Waals surface area (Å²) in [6, 6.07) is 0. The Kier molecular flexibility index (Phi) is 2.13. The monoisotopic (exact) mass is 170 g/mol. The topological polar surface area (TPSA) is 40.5 Å². The van der Waals surface area contributed by atoms with Crippen LogP contribution < -0.4 is 0 Å². The van der Waals surface area contributed by atoms with Crippen molar-refractivity contribution in [3.05, 3.63) is 0 Å². The summed E-state index contributed by atoms with van der Waals surface area (Å²) < 4.78 is 0. The van der Waals surface area contributed by atoms with Gasteiger partial charge in [-0.15, -0.1) is 0 Å². The van der Waals surface area contributed by atoms with Crippen molar-refractivity contribution in [2.24, 2.45) is 17.3 Å². The average molecular weight is 170 g/mol. The number of fused-ring (bicyclic) bond motifs is 2. The van der Waals surface area contributed by atoms with Gasteiger partial charge in [-0.3, -0.25) is 0 Å². The molecule has 0 saturated heterocycles. The van der Waals surface area contributed by atoms with E-state index in [1.165, 1.54) is 19.3 Å². The van der Waals surface area contributed by atoms with Gasteiger partial charge >= 0.3 is 0 Å². The predicted octanol–water partition coefficient (Wildman–Crippen LogP) is 1.17. The predicted molar refractivity (Wildman–Crippen MR) is 46.7 cm³/mol. The second kappa shape index (κ2) is 3.00.